The van der Waals surface area contributed by atoms with E-state index in [0.29, 0.717) is 0 Å². The fourth-order valence-corrected chi connectivity index (χ4v) is 1.67. The molecule has 2 N–H and O–H groups in total. The van der Waals surface area contributed by atoms with E-state index in [4.69, 9.17) is 5.11 Å². The molecule has 0 amide bonds. The maximum Gasteiger partial charge on any atom is 0.308 e. The minimum atomic E-state index is -0.698. The first-order chi connectivity index (χ1) is 7.08. The van der Waals surface area contributed by atoms with Crippen molar-refractivity contribution in [3.05, 3.63) is 29.3 Å². The topological polar surface area (TPSA) is 49.3 Å². The number of anilines is 1. The van der Waals surface area contributed by atoms with Crippen LogP contribution in [0.5, 0.6) is 0 Å². The van der Waals surface area contributed by atoms with Crippen LogP contribution in [0.25, 0.3) is 0 Å². The number of carbonyl (C=O) groups is 1. The SMILES string of the molecule is Cc1ccc(NC2CC2C(=O)O)cc1C. The summed E-state index contributed by atoms with van der Waals surface area (Å²) < 4.78 is 0. The van der Waals surface area contributed by atoms with Crippen LogP contribution in [-0.4, -0.2) is 17.1 Å². The molecule has 15 heavy (non-hydrogen) atoms. The average molecular weight is 205 g/mol. The number of hydrogen-bond donors (Lipinski definition) is 2. The van der Waals surface area contributed by atoms with Crippen LogP contribution in [0.1, 0.15) is 17.5 Å². The molecule has 3 heteroatoms. The zero-order valence-corrected chi connectivity index (χ0v) is 8.95. The third-order valence-corrected chi connectivity index (χ3v) is 2.97. The van der Waals surface area contributed by atoms with E-state index in [9.17, 15) is 4.79 Å². The quantitative estimate of drug-likeness (QED) is 0.795. The van der Waals surface area contributed by atoms with E-state index in [1.54, 1.807) is 0 Å². The molecule has 2 atom stereocenters. The molecule has 2 unspecified atom stereocenters. The average Bonchev–Trinajstić information content (AvgIpc) is 2.91. The minimum absolute atomic E-state index is 0.115. The van der Waals surface area contributed by atoms with Gasteiger partial charge >= 0.3 is 5.97 Å². The number of rotatable bonds is 3. The number of carboxylic acid groups (broad SMARTS) is 1. The van der Waals surface area contributed by atoms with Crippen LogP contribution in [0.3, 0.4) is 0 Å². The van der Waals surface area contributed by atoms with Crippen LogP contribution in [0, 0.1) is 19.8 Å². The van der Waals surface area contributed by atoms with Gasteiger partial charge in [-0.25, -0.2) is 0 Å². The summed E-state index contributed by atoms with van der Waals surface area (Å²) in [5.74, 6) is -0.900. The summed E-state index contributed by atoms with van der Waals surface area (Å²) in [4.78, 5) is 10.6. The predicted octanol–water partition coefficient (Wildman–Crippen LogP) is 2.19. The number of aryl methyl sites for hydroxylation is 2. The van der Waals surface area contributed by atoms with Gasteiger partial charge in [-0.2, -0.15) is 0 Å². The van der Waals surface area contributed by atoms with Crippen LogP contribution in [-0.2, 0) is 4.79 Å². The summed E-state index contributed by atoms with van der Waals surface area (Å²) in [6, 6.07) is 6.23. The van der Waals surface area contributed by atoms with E-state index >= 15 is 0 Å². The molecule has 1 aromatic rings. The maximum absolute atomic E-state index is 10.6. The number of nitrogens with one attached hydrogen (secondary N) is 1. The monoisotopic (exact) mass is 205 g/mol. The van der Waals surface area contributed by atoms with Crippen molar-refractivity contribution in [2.45, 2.75) is 26.3 Å². The molecule has 80 valence electrons. The molecule has 0 heterocycles. The molecule has 1 saturated carbocycles. The molecule has 1 fully saturated rings. The molecule has 0 aromatic heterocycles. The van der Waals surface area contributed by atoms with Gasteiger partial charge in [-0.1, -0.05) is 6.07 Å². The largest absolute Gasteiger partial charge is 0.481 e. The molecule has 0 saturated heterocycles. The van der Waals surface area contributed by atoms with E-state index in [2.05, 4.69) is 31.3 Å². The number of carboxylic acids is 1. The van der Waals surface area contributed by atoms with E-state index < -0.39 is 5.97 Å². The van der Waals surface area contributed by atoms with Gasteiger partial charge < -0.3 is 10.4 Å². The lowest BCUT2D eigenvalue weighted by Crippen LogP contribution is -2.10. The first kappa shape index (κ1) is 10.0. The number of aliphatic carboxylic acids is 1. The summed E-state index contributed by atoms with van der Waals surface area (Å²) in [5.41, 5.74) is 3.51. The fourth-order valence-electron chi connectivity index (χ4n) is 1.67. The molecule has 1 aliphatic rings. The summed E-state index contributed by atoms with van der Waals surface area (Å²) >= 11 is 0. The Bertz CT molecular complexity index is 401. The molecular weight excluding hydrogens is 190 g/mol. The second-order valence-corrected chi connectivity index (χ2v) is 4.23. The van der Waals surface area contributed by atoms with Gasteiger partial charge in [0, 0.05) is 11.7 Å². The second kappa shape index (κ2) is 3.57. The van der Waals surface area contributed by atoms with Gasteiger partial charge in [-0.3, -0.25) is 4.79 Å². The molecule has 0 aliphatic heterocycles. The smallest absolute Gasteiger partial charge is 0.308 e. The van der Waals surface area contributed by atoms with Gasteiger partial charge in [0.25, 0.3) is 0 Å². The Balaban J connectivity index is 2.01. The lowest BCUT2D eigenvalue weighted by Gasteiger charge is -2.07. The Morgan fingerprint density at radius 1 is 1.40 bits per heavy atom. The van der Waals surface area contributed by atoms with Gasteiger partial charge in [-0.15, -0.1) is 0 Å². The van der Waals surface area contributed by atoms with Crippen LogP contribution in [0.15, 0.2) is 18.2 Å². The second-order valence-electron chi connectivity index (χ2n) is 4.23. The van der Waals surface area contributed by atoms with Crippen LogP contribution in [0.4, 0.5) is 5.69 Å². The lowest BCUT2D eigenvalue weighted by atomic mass is 10.1. The minimum Gasteiger partial charge on any atom is -0.481 e. The molecule has 3 nitrogen and oxygen atoms in total. The molecule has 0 radical (unpaired) electrons. The molecule has 2 rings (SSSR count). The van der Waals surface area contributed by atoms with E-state index in [0.717, 1.165) is 12.1 Å². The lowest BCUT2D eigenvalue weighted by molar-refractivity contribution is -0.138. The fraction of sp³-hybridized carbons (Fsp3) is 0.417. The highest BCUT2D eigenvalue weighted by Gasteiger charge is 2.43. The third-order valence-electron chi connectivity index (χ3n) is 2.97. The summed E-state index contributed by atoms with van der Waals surface area (Å²) in [6.45, 7) is 4.12. The molecular formula is C12H15NO2. The van der Waals surface area contributed by atoms with E-state index in [-0.39, 0.29) is 12.0 Å². The summed E-state index contributed by atoms with van der Waals surface area (Å²) in [5, 5.41) is 12.0. The van der Waals surface area contributed by atoms with Crippen LogP contribution in [0.2, 0.25) is 0 Å². The van der Waals surface area contributed by atoms with Crippen molar-refractivity contribution in [1.82, 2.24) is 0 Å². The molecule has 1 aliphatic carbocycles. The zero-order chi connectivity index (χ0) is 11.0. The van der Waals surface area contributed by atoms with E-state index in [1.165, 1.54) is 11.1 Å². The van der Waals surface area contributed by atoms with Gasteiger partial charge in [0.05, 0.1) is 5.92 Å². The highest BCUT2D eigenvalue weighted by molar-refractivity contribution is 5.75. The Morgan fingerprint density at radius 3 is 2.67 bits per heavy atom. The highest BCUT2D eigenvalue weighted by atomic mass is 16.4. The zero-order valence-electron chi connectivity index (χ0n) is 8.95. The van der Waals surface area contributed by atoms with Gasteiger partial charge in [0.1, 0.15) is 0 Å². The van der Waals surface area contributed by atoms with E-state index in [1.807, 2.05) is 6.07 Å². The summed E-state index contributed by atoms with van der Waals surface area (Å²) in [6.07, 6.45) is 0.738. The van der Waals surface area contributed by atoms with Crippen molar-refractivity contribution in [1.29, 1.82) is 0 Å². The standard InChI is InChI=1S/C12H15NO2/c1-7-3-4-9(5-8(7)2)13-11-6-10(11)12(14)15/h3-5,10-11,13H,6H2,1-2H3,(H,14,15). The normalized spacial score (nSPS) is 23.6. The molecule has 0 bridgehead atoms. The maximum atomic E-state index is 10.6. The highest BCUT2D eigenvalue weighted by Crippen LogP contribution is 2.33. The Hall–Kier alpha value is -1.51. The van der Waals surface area contributed by atoms with Crippen molar-refractivity contribution in [3.63, 3.8) is 0 Å². The number of hydrogen-bond acceptors (Lipinski definition) is 2. The summed E-state index contributed by atoms with van der Waals surface area (Å²) in [7, 11) is 0. The van der Waals surface area contributed by atoms with Crippen LogP contribution < -0.4 is 5.32 Å². The molecule has 0 spiro atoms. The third kappa shape index (κ3) is 2.12. The van der Waals surface area contributed by atoms with Gasteiger partial charge in [0.15, 0.2) is 0 Å². The van der Waals surface area contributed by atoms with Crippen LogP contribution >= 0.6 is 0 Å². The van der Waals surface area contributed by atoms with Gasteiger partial charge in [-0.05, 0) is 43.5 Å². The van der Waals surface area contributed by atoms with Crippen molar-refractivity contribution in [2.75, 3.05) is 5.32 Å². The van der Waals surface area contributed by atoms with Crippen molar-refractivity contribution in [2.24, 2.45) is 5.92 Å². The van der Waals surface area contributed by atoms with Crippen molar-refractivity contribution >= 4 is 11.7 Å². The first-order valence-electron chi connectivity index (χ1n) is 5.14. The first-order valence-corrected chi connectivity index (χ1v) is 5.14. The predicted molar refractivity (Wildman–Crippen MR) is 59.1 cm³/mol. The van der Waals surface area contributed by atoms with Gasteiger partial charge in [0.2, 0.25) is 0 Å². The Labute approximate surface area is 89.1 Å². The van der Waals surface area contributed by atoms with Crippen molar-refractivity contribution in [3.8, 4) is 0 Å². The molecule has 1 aromatic carbocycles. The number of benzene rings is 1. The Kier molecular flexibility index (Phi) is 2.39. The van der Waals surface area contributed by atoms with Crippen molar-refractivity contribution < 1.29 is 9.90 Å². The Morgan fingerprint density at radius 2 is 2.13 bits per heavy atom.